The van der Waals surface area contributed by atoms with E-state index in [9.17, 15) is 8.78 Å². The number of halogens is 2. The number of nitrogens with one attached hydrogen (secondary N) is 1. The number of rotatable bonds is 2. The first kappa shape index (κ1) is 14.0. The largest absolute Gasteiger partial charge is 0.366 e. The number of benzene rings is 2. The lowest BCUT2D eigenvalue weighted by Crippen LogP contribution is -2.49. The van der Waals surface area contributed by atoms with Gasteiger partial charge in [0.1, 0.15) is 11.6 Å². The van der Waals surface area contributed by atoms with Gasteiger partial charge in [-0.2, -0.15) is 0 Å². The van der Waals surface area contributed by atoms with E-state index in [1.165, 1.54) is 18.2 Å². The summed E-state index contributed by atoms with van der Waals surface area (Å²) in [5, 5.41) is 3.32. The monoisotopic (exact) mass is 288 g/mol. The average molecular weight is 288 g/mol. The van der Waals surface area contributed by atoms with Crippen LogP contribution in [0, 0.1) is 11.6 Å². The fourth-order valence-electron chi connectivity index (χ4n) is 2.77. The van der Waals surface area contributed by atoms with Crippen LogP contribution in [0.1, 0.15) is 6.92 Å². The molecule has 1 heterocycles. The van der Waals surface area contributed by atoms with E-state index in [0.717, 1.165) is 36.4 Å². The third-order valence-electron chi connectivity index (χ3n) is 3.89. The van der Waals surface area contributed by atoms with Crippen LogP contribution in [0.3, 0.4) is 0 Å². The van der Waals surface area contributed by atoms with Gasteiger partial charge in [-0.15, -0.1) is 0 Å². The fourth-order valence-corrected chi connectivity index (χ4v) is 2.77. The van der Waals surface area contributed by atoms with Crippen molar-refractivity contribution in [3.8, 4) is 11.1 Å². The van der Waals surface area contributed by atoms with Gasteiger partial charge in [0.15, 0.2) is 0 Å². The van der Waals surface area contributed by atoms with Crippen LogP contribution in [0.25, 0.3) is 11.1 Å². The average Bonchev–Trinajstić information content (AvgIpc) is 2.48. The summed E-state index contributed by atoms with van der Waals surface area (Å²) in [7, 11) is 0. The molecule has 1 aliphatic heterocycles. The van der Waals surface area contributed by atoms with Crippen LogP contribution in [-0.4, -0.2) is 25.7 Å². The minimum Gasteiger partial charge on any atom is -0.366 e. The molecule has 0 amide bonds. The van der Waals surface area contributed by atoms with E-state index in [4.69, 9.17) is 0 Å². The first-order chi connectivity index (χ1) is 10.1. The summed E-state index contributed by atoms with van der Waals surface area (Å²) in [5.74, 6) is -0.552. The second-order valence-electron chi connectivity index (χ2n) is 5.45. The van der Waals surface area contributed by atoms with Gasteiger partial charge in [-0.3, -0.25) is 0 Å². The molecule has 0 unspecified atom stereocenters. The lowest BCUT2D eigenvalue weighted by molar-refractivity contribution is 0.499. The molecule has 0 aromatic heterocycles. The molecule has 2 nitrogen and oxygen atoms in total. The maximum absolute atomic E-state index is 14.0. The van der Waals surface area contributed by atoms with E-state index in [-0.39, 0.29) is 11.6 Å². The molecule has 0 bridgehead atoms. The zero-order valence-corrected chi connectivity index (χ0v) is 11.9. The quantitative estimate of drug-likeness (QED) is 0.911. The molecule has 0 aliphatic carbocycles. The van der Waals surface area contributed by atoms with Gasteiger partial charge in [0.2, 0.25) is 0 Å². The van der Waals surface area contributed by atoms with Crippen molar-refractivity contribution < 1.29 is 8.78 Å². The summed E-state index contributed by atoms with van der Waals surface area (Å²) < 4.78 is 27.0. The smallest absolute Gasteiger partial charge is 0.125 e. The molecule has 1 atom stereocenters. The highest BCUT2D eigenvalue weighted by atomic mass is 19.1. The van der Waals surface area contributed by atoms with Crippen molar-refractivity contribution in [3.05, 3.63) is 54.1 Å². The fraction of sp³-hybridized carbons (Fsp3) is 0.294. The standard InChI is InChI=1S/C17H18F2N2/c1-12-11-20-6-7-21(12)17-9-14(8-16(19)10-17)13-2-4-15(18)5-3-13/h2-5,8-10,12,20H,6-7,11H2,1H3/t12-/m0/s1. The van der Waals surface area contributed by atoms with Crippen molar-refractivity contribution in [2.75, 3.05) is 24.5 Å². The number of hydrogen-bond acceptors (Lipinski definition) is 2. The van der Waals surface area contributed by atoms with Gasteiger partial charge in [0.25, 0.3) is 0 Å². The molecule has 110 valence electrons. The van der Waals surface area contributed by atoms with E-state index < -0.39 is 0 Å². The molecule has 3 rings (SSSR count). The first-order valence-corrected chi connectivity index (χ1v) is 7.17. The predicted molar refractivity (Wildman–Crippen MR) is 81.5 cm³/mol. The topological polar surface area (TPSA) is 15.3 Å². The van der Waals surface area contributed by atoms with Crippen molar-refractivity contribution in [1.29, 1.82) is 0 Å². The maximum Gasteiger partial charge on any atom is 0.125 e. The number of anilines is 1. The minimum atomic E-state index is -0.286. The van der Waals surface area contributed by atoms with Crippen molar-refractivity contribution in [2.45, 2.75) is 13.0 Å². The zero-order chi connectivity index (χ0) is 14.8. The Kier molecular flexibility index (Phi) is 3.88. The van der Waals surface area contributed by atoms with Crippen molar-refractivity contribution in [1.82, 2.24) is 5.32 Å². The Bertz CT molecular complexity index is 625. The van der Waals surface area contributed by atoms with E-state index in [2.05, 4.69) is 17.1 Å². The van der Waals surface area contributed by atoms with Crippen LogP contribution in [0.5, 0.6) is 0 Å². The summed E-state index contributed by atoms with van der Waals surface area (Å²) in [6.45, 7) is 4.76. The highest BCUT2D eigenvalue weighted by molar-refractivity contribution is 5.69. The third-order valence-corrected chi connectivity index (χ3v) is 3.89. The van der Waals surface area contributed by atoms with Crippen LogP contribution >= 0.6 is 0 Å². The molecule has 0 saturated carbocycles. The van der Waals surface area contributed by atoms with E-state index in [1.54, 1.807) is 18.2 Å². The normalized spacial score (nSPS) is 18.8. The minimum absolute atomic E-state index is 0.266. The van der Waals surface area contributed by atoms with Gasteiger partial charge >= 0.3 is 0 Å². The van der Waals surface area contributed by atoms with Gasteiger partial charge in [0.05, 0.1) is 0 Å². The van der Waals surface area contributed by atoms with Crippen LogP contribution in [0.4, 0.5) is 14.5 Å². The summed E-state index contributed by atoms with van der Waals surface area (Å²) >= 11 is 0. The van der Waals surface area contributed by atoms with Crippen LogP contribution < -0.4 is 10.2 Å². The van der Waals surface area contributed by atoms with E-state index in [0.29, 0.717) is 6.04 Å². The molecule has 0 radical (unpaired) electrons. The Labute approximate surface area is 123 Å². The van der Waals surface area contributed by atoms with Gasteiger partial charge in [-0.25, -0.2) is 8.78 Å². The molecule has 1 N–H and O–H groups in total. The van der Waals surface area contributed by atoms with Crippen LogP contribution in [0.15, 0.2) is 42.5 Å². The van der Waals surface area contributed by atoms with Crippen molar-refractivity contribution >= 4 is 5.69 Å². The zero-order valence-electron chi connectivity index (χ0n) is 11.9. The molecule has 2 aromatic carbocycles. The molecule has 1 aliphatic rings. The van der Waals surface area contributed by atoms with Crippen molar-refractivity contribution in [3.63, 3.8) is 0 Å². The Balaban J connectivity index is 1.97. The Morgan fingerprint density at radius 2 is 1.76 bits per heavy atom. The SMILES string of the molecule is C[C@H]1CNCCN1c1cc(F)cc(-c2ccc(F)cc2)c1. The second kappa shape index (κ2) is 5.82. The highest BCUT2D eigenvalue weighted by Crippen LogP contribution is 2.28. The van der Waals surface area contributed by atoms with Crippen molar-refractivity contribution in [2.24, 2.45) is 0 Å². The lowest BCUT2D eigenvalue weighted by Gasteiger charge is -2.36. The molecule has 21 heavy (non-hydrogen) atoms. The van der Waals surface area contributed by atoms with Gasteiger partial charge < -0.3 is 10.2 Å². The van der Waals surface area contributed by atoms with E-state index in [1.807, 2.05) is 6.07 Å². The van der Waals surface area contributed by atoms with Crippen LogP contribution in [0.2, 0.25) is 0 Å². The molecule has 4 heteroatoms. The summed E-state index contributed by atoms with van der Waals surface area (Å²) in [5.41, 5.74) is 2.47. The molecule has 0 spiro atoms. The summed E-state index contributed by atoms with van der Waals surface area (Å²) in [6, 6.07) is 11.5. The van der Waals surface area contributed by atoms with Gasteiger partial charge in [-0.1, -0.05) is 12.1 Å². The lowest BCUT2D eigenvalue weighted by atomic mass is 10.0. The highest BCUT2D eigenvalue weighted by Gasteiger charge is 2.19. The molecule has 2 aromatic rings. The van der Waals surface area contributed by atoms with Gasteiger partial charge in [-0.05, 0) is 48.4 Å². The van der Waals surface area contributed by atoms with E-state index >= 15 is 0 Å². The first-order valence-electron chi connectivity index (χ1n) is 7.17. The molecular formula is C17H18F2N2. The molecular weight excluding hydrogens is 270 g/mol. The number of nitrogens with zero attached hydrogens (tertiary/aromatic N) is 1. The Morgan fingerprint density at radius 1 is 1.00 bits per heavy atom. The maximum atomic E-state index is 14.0. The summed E-state index contributed by atoms with van der Waals surface area (Å²) in [4.78, 5) is 2.20. The Hall–Kier alpha value is -1.94. The Morgan fingerprint density at radius 3 is 2.48 bits per heavy atom. The molecule has 1 saturated heterocycles. The molecule has 1 fully saturated rings. The summed E-state index contributed by atoms with van der Waals surface area (Å²) in [6.07, 6.45) is 0. The number of piperazine rings is 1. The third kappa shape index (κ3) is 3.05. The number of hydrogen-bond donors (Lipinski definition) is 1. The van der Waals surface area contributed by atoms with Gasteiger partial charge in [0, 0.05) is 31.4 Å². The van der Waals surface area contributed by atoms with Crippen LogP contribution in [-0.2, 0) is 0 Å². The second-order valence-corrected chi connectivity index (χ2v) is 5.45. The predicted octanol–water partition coefficient (Wildman–Crippen LogP) is 3.43.